The molecule has 1 nitrogen and oxygen atoms in total. The van der Waals surface area contributed by atoms with Crippen molar-refractivity contribution in [1.82, 2.24) is 0 Å². The van der Waals surface area contributed by atoms with E-state index >= 15 is 0 Å². The zero-order valence-corrected chi connectivity index (χ0v) is 8.44. The van der Waals surface area contributed by atoms with Crippen molar-refractivity contribution in [3.05, 3.63) is 12.7 Å². The molecular formula is C3H12OSi2. The highest BCUT2D eigenvalue weighted by Crippen LogP contribution is 1.61. The fourth-order valence-corrected chi connectivity index (χ4v) is 0. The standard InChI is InChI=1S/C3H8Si.H4OSi/c1-2-3-4;1-2/h2H,1,3H2,4H3;1H,2H3. The molecule has 0 saturated carbocycles. The molecule has 0 aromatic carbocycles. The summed E-state index contributed by atoms with van der Waals surface area (Å²) in [7, 11) is 1.58. The summed E-state index contributed by atoms with van der Waals surface area (Å²) in [6, 6.07) is 1.22. The molecular weight excluding hydrogens is 108 g/mol. The maximum Gasteiger partial charge on any atom is 0.141 e. The van der Waals surface area contributed by atoms with Gasteiger partial charge >= 0.3 is 0 Å². The van der Waals surface area contributed by atoms with Crippen LogP contribution in [-0.4, -0.2) is 25.5 Å². The van der Waals surface area contributed by atoms with E-state index in [2.05, 4.69) is 6.58 Å². The minimum absolute atomic E-state index is 0.306. The molecule has 0 aliphatic rings. The van der Waals surface area contributed by atoms with Crippen molar-refractivity contribution in [2.75, 3.05) is 0 Å². The van der Waals surface area contributed by atoms with Crippen LogP contribution in [0.2, 0.25) is 6.04 Å². The van der Waals surface area contributed by atoms with Gasteiger partial charge < -0.3 is 4.80 Å². The van der Waals surface area contributed by atoms with Crippen LogP contribution in [0.25, 0.3) is 0 Å². The molecule has 0 spiro atoms. The summed E-state index contributed by atoms with van der Waals surface area (Å²) < 4.78 is 0. The first-order chi connectivity index (χ1) is 2.91. The Balaban J connectivity index is 0. The van der Waals surface area contributed by atoms with Crippen molar-refractivity contribution in [3.63, 3.8) is 0 Å². The van der Waals surface area contributed by atoms with Crippen LogP contribution < -0.4 is 0 Å². The van der Waals surface area contributed by atoms with Gasteiger partial charge in [-0.3, -0.25) is 0 Å². The minimum Gasteiger partial charge on any atom is -0.442 e. The third-order valence-corrected chi connectivity index (χ3v) is 0.866. The fraction of sp³-hybridized carbons (Fsp3) is 0.333. The molecule has 0 heterocycles. The average Bonchev–Trinajstić information content (AvgIpc) is 1.72. The van der Waals surface area contributed by atoms with E-state index in [0.717, 1.165) is 0 Å². The Kier molecular flexibility index (Phi) is 30.4. The molecule has 6 heavy (non-hydrogen) atoms. The molecule has 0 rings (SSSR count). The largest absolute Gasteiger partial charge is 0.442 e. The third kappa shape index (κ3) is 31.6. The highest BCUT2D eigenvalue weighted by atomic mass is 28.2. The highest BCUT2D eigenvalue weighted by molar-refractivity contribution is 6.09. The van der Waals surface area contributed by atoms with Crippen LogP contribution in [0.1, 0.15) is 0 Å². The van der Waals surface area contributed by atoms with Crippen LogP contribution in [0.4, 0.5) is 0 Å². The van der Waals surface area contributed by atoms with E-state index in [1.165, 1.54) is 16.3 Å². The first kappa shape index (κ1) is 9.46. The Labute approximate surface area is 45.0 Å². The summed E-state index contributed by atoms with van der Waals surface area (Å²) in [5.41, 5.74) is 0. The maximum atomic E-state index is 7.14. The molecule has 3 heteroatoms. The van der Waals surface area contributed by atoms with Crippen LogP contribution in [0.3, 0.4) is 0 Å². The fourth-order valence-electron chi connectivity index (χ4n) is 0. The van der Waals surface area contributed by atoms with E-state index in [1.54, 1.807) is 0 Å². The van der Waals surface area contributed by atoms with Crippen LogP contribution in [0.15, 0.2) is 12.7 Å². The normalized spacial score (nSPS) is 6.17. The van der Waals surface area contributed by atoms with E-state index in [0.29, 0.717) is 10.5 Å². The lowest BCUT2D eigenvalue weighted by Gasteiger charge is -1.57. The van der Waals surface area contributed by atoms with Crippen molar-refractivity contribution in [1.29, 1.82) is 0 Å². The summed E-state index contributed by atoms with van der Waals surface area (Å²) in [4.78, 5) is 7.14. The first-order valence-corrected chi connectivity index (χ1v) is 4.28. The molecule has 0 atom stereocenters. The summed E-state index contributed by atoms with van der Waals surface area (Å²) in [6.07, 6.45) is 1.94. The zero-order chi connectivity index (χ0) is 5.41. The molecule has 0 aliphatic heterocycles. The quantitative estimate of drug-likeness (QED) is 0.320. The summed E-state index contributed by atoms with van der Waals surface area (Å²) >= 11 is 0. The average molecular weight is 120 g/mol. The van der Waals surface area contributed by atoms with Crippen LogP contribution in [0, 0.1) is 0 Å². The molecule has 38 valence electrons. The van der Waals surface area contributed by atoms with Gasteiger partial charge in [-0.2, -0.15) is 0 Å². The Morgan fingerprint density at radius 1 is 1.67 bits per heavy atom. The van der Waals surface area contributed by atoms with Crippen molar-refractivity contribution < 1.29 is 4.80 Å². The van der Waals surface area contributed by atoms with Gasteiger partial charge in [0.1, 0.15) is 10.5 Å². The summed E-state index contributed by atoms with van der Waals surface area (Å²) in [5, 5.41) is 0. The number of rotatable bonds is 1. The third-order valence-electron chi connectivity index (χ3n) is 0.289. The lowest BCUT2D eigenvalue weighted by molar-refractivity contribution is 0.629. The first-order valence-electron chi connectivity index (χ1n) is 1.97. The summed E-state index contributed by atoms with van der Waals surface area (Å²) in [5.74, 6) is 0. The van der Waals surface area contributed by atoms with Gasteiger partial charge in [0.2, 0.25) is 0 Å². The Hall–Kier alpha value is 0.134. The second-order valence-electron chi connectivity index (χ2n) is 0.697. The maximum absolute atomic E-state index is 7.14. The second-order valence-corrected chi connectivity index (χ2v) is 1.51. The Morgan fingerprint density at radius 3 is 1.83 bits per heavy atom. The molecule has 0 unspecified atom stereocenters. The SMILES string of the molecule is C=CC[SiH3].O[SiH3]. The molecule has 0 aromatic heterocycles. The van der Waals surface area contributed by atoms with Crippen LogP contribution in [0.5, 0.6) is 0 Å². The Bertz CT molecular complexity index is 22.8. The molecule has 0 radical (unpaired) electrons. The molecule has 0 aromatic rings. The van der Waals surface area contributed by atoms with Gasteiger partial charge in [-0.15, -0.1) is 6.58 Å². The molecule has 1 N–H and O–H groups in total. The van der Waals surface area contributed by atoms with Gasteiger partial charge in [-0.05, 0) is 6.04 Å². The van der Waals surface area contributed by atoms with E-state index in [1.807, 2.05) is 6.08 Å². The van der Waals surface area contributed by atoms with E-state index in [9.17, 15) is 0 Å². The van der Waals surface area contributed by atoms with Gasteiger partial charge in [0.25, 0.3) is 0 Å². The molecule has 0 aliphatic carbocycles. The van der Waals surface area contributed by atoms with Crippen molar-refractivity contribution in [3.8, 4) is 0 Å². The smallest absolute Gasteiger partial charge is 0.141 e. The zero-order valence-electron chi connectivity index (χ0n) is 4.44. The lowest BCUT2D eigenvalue weighted by atomic mass is 10.8. The van der Waals surface area contributed by atoms with Gasteiger partial charge in [-0.25, -0.2) is 0 Å². The molecule has 0 saturated heterocycles. The van der Waals surface area contributed by atoms with Gasteiger partial charge in [0.15, 0.2) is 0 Å². The van der Waals surface area contributed by atoms with E-state index in [-0.39, 0.29) is 0 Å². The molecule has 0 fully saturated rings. The number of hydrogen-bond acceptors (Lipinski definition) is 1. The molecule has 0 bridgehead atoms. The lowest BCUT2D eigenvalue weighted by Crippen LogP contribution is -1.47. The van der Waals surface area contributed by atoms with E-state index < -0.39 is 0 Å². The van der Waals surface area contributed by atoms with Gasteiger partial charge in [0.05, 0.1) is 0 Å². The van der Waals surface area contributed by atoms with Gasteiger partial charge in [-0.1, -0.05) is 6.08 Å². The van der Waals surface area contributed by atoms with Crippen molar-refractivity contribution in [2.45, 2.75) is 6.04 Å². The monoisotopic (exact) mass is 120 g/mol. The van der Waals surface area contributed by atoms with Crippen LogP contribution in [-0.2, 0) is 0 Å². The predicted octanol–water partition coefficient (Wildman–Crippen LogP) is -1.78. The molecule has 0 amide bonds. The highest BCUT2D eigenvalue weighted by Gasteiger charge is 1.46. The predicted molar refractivity (Wildman–Crippen MR) is 37.1 cm³/mol. The van der Waals surface area contributed by atoms with Crippen molar-refractivity contribution in [2.24, 2.45) is 0 Å². The van der Waals surface area contributed by atoms with Crippen LogP contribution >= 0.6 is 0 Å². The minimum atomic E-state index is 0.306. The Morgan fingerprint density at radius 2 is 1.83 bits per heavy atom. The van der Waals surface area contributed by atoms with Crippen molar-refractivity contribution >= 4 is 20.7 Å². The summed E-state index contributed by atoms with van der Waals surface area (Å²) in [6.45, 7) is 3.51. The second kappa shape index (κ2) is 19.3. The number of allylic oxidation sites excluding steroid dienone is 1. The number of hydrogen-bond donors (Lipinski definition) is 1. The van der Waals surface area contributed by atoms with Gasteiger partial charge in [0, 0.05) is 10.2 Å². The topological polar surface area (TPSA) is 20.2 Å². The van der Waals surface area contributed by atoms with E-state index in [4.69, 9.17) is 4.80 Å².